The Hall–Kier alpha value is -2.63. The summed E-state index contributed by atoms with van der Waals surface area (Å²) in [4.78, 5) is 31.2. The molecule has 3 atom stereocenters. The Labute approximate surface area is 218 Å². The maximum atomic E-state index is 14.6. The molecule has 37 heavy (non-hydrogen) atoms. The molecule has 1 aromatic carbocycles. The first-order chi connectivity index (χ1) is 17.3. The highest BCUT2D eigenvalue weighted by Gasteiger charge is 2.36. The number of carbonyl (C=O) groups is 2. The molecule has 2 heterocycles. The average Bonchev–Trinajstić information content (AvgIpc) is 3.02. The van der Waals surface area contributed by atoms with Crippen LogP contribution in [0, 0.1) is 11.7 Å². The molecule has 11 heteroatoms. The number of benzene rings is 1. The Morgan fingerprint density at radius 2 is 1.95 bits per heavy atom. The van der Waals surface area contributed by atoms with E-state index in [2.05, 4.69) is 10.3 Å². The van der Waals surface area contributed by atoms with Gasteiger partial charge in [-0.05, 0) is 53.7 Å². The number of carbonyl (C=O) groups excluding carboxylic acids is 2. The molecule has 9 nitrogen and oxygen atoms in total. The van der Waals surface area contributed by atoms with E-state index in [0.29, 0.717) is 18.4 Å². The fourth-order valence-electron chi connectivity index (χ4n) is 4.61. The number of hydrogen-bond donors (Lipinski definition) is 1. The minimum atomic E-state index is -4.06. The SMILES string of the molecule is CN[C@H](CC(C)C(=O)OC(C)(C)C)C(=O)N1CCCN(S(=O)(=O)c2cccc3cncc(F)c23)[C@@H](C)C1. The van der Waals surface area contributed by atoms with Crippen molar-refractivity contribution in [1.82, 2.24) is 19.5 Å². The number of hydrogen-bond acceptors (Lipinski definition) is 7. The minimum Gasteiger partial charge on any atom is -0.460 e. The van der Waals surface area contributed by atoms with Gasteiger partial charge in [0.05, 0.1) is 23.1 Å². The van der Waals surface area contributed by atoms with Crippen LogP contribution in [0.3, 0.4) is 0 Å². The zero-order valence-electron chi connectivity index (χ0n) is 22.3. The molecule has 0 spiro atoms. The lowest BCUT2D eigenvalue weighted by Crippen LogP contribution is -2.50. The second kappa shape index (κ2) is 11.4. The Morgan fingerprint density at radius 3 is 2.59 bits per heavy atom. The third-order valence-corrected chi connectivity index (χ3v) is 8.48. The highest BCUT2D eigenvalue weighted by molar-refractivity contribution is 7.89. The molecule has 0 aliphatic carbocycles. The Balaban J connectivity index is 1.78. The van der Waals surface area contributed by atoms with Crippen molar-refractivity contribution in [3.63, 3.8) is 0 Å². The second-order valence-corrected chi connectivity index (χ2v) is 12.4. The van der Waals surface area contributed by atoms with Crippen LogP contribution >= 0.6 is 0 Å². The molecule has 1 unspecified atom stereocenters. The second-order valence-electron chi connectivity index (χ2n) is 10.6. The van der Waals surface area contributed by atoms with Gasteiger partial charge in [0.15, 0.2) is 5.82 Å². The van der Waals surface area contributed by atoms with Crippen LogP contribution in [-0.4, -0.2) is 78.9 Å². The molecule has 1 fully saturated rings. The van der Waals surface area contributed by atoms with Gasteiger partial charge in [0, 0.05) is 42.6 Å². The first-order valence-electron chi connectivity index (χ1n) is 12.5. The van der Waals surface area contributed by atoms with E-state index in [1.807, 2.05) is 0 Å². The standard InChI is InChI=1S/C26H37FN4O5S/c1-17(25(33)36-26(3,4)5)13-21(28-6)24(32)30-11-8-12-31(18(2)16-30)37(34,35)22-10-7-9-19-14-29-15-20(27)23(19)22/h7,9-10,14-15,17-18,21,28H,8,11-13,16H2,1-6H3/t17?,18-,21+/m0/s1. The maximum Gasteiger partial charge on any atom is 0.309 e. The summed E-state index contributed by atoms with van der Waals surface area (Å²) in [7, 11) is -2.40. The number of amides is 1. The summed E-state index contributed by atoms with van der Waals surface area (Å²) in [5.41, 5.74) is -0.622. The number of ether oxygens (including phenoxy) is 1. The van der Waals surface area contributed by atoms with Gasteiger partial charge in [-0.2, -0.15) is 4.31 Å². The van der Waals surface area contributed by atoms with Crippen molar-refractivity contribution in [2.45, 2.75) is 70.0 Å². The van der Waals surface area contributed by atoms with Gasteiger partial charge < -0.3 is 15.0 Å². The van der Waals surface area contributed by atoms with Crippen LogP contribution in [0.1, 0.15) is 47.5 Å². The van der Waals surface area contributed by atoms with Crippen LogP contribution in [0.4, 0.5) is 4.39 Å². The van der Waals surface area contributed by atoms with Crippen LogP contribution in [0.25, 0.3) is 10.8 Å². The van der Waals surface area contributed by atoms with Crippen LogP contribution in [-0.2, 0) is 24.3 Å². The zero-order valence-corrected chi connectivity index (χ0v) is 23.1. The van der Waals surface area contributed by atoms with Crippen molar-refractivity contribution in [2.75, 3.05) is 26.7 Å². The van der Waals surface area contributed by atoms with Crippen molar-refractivity contribution in [2.24, 2.45) is 5.92 Å². The highest BCUT2D eigenvalue weighted by atomic mass is 32.2. The predicted molar refractivity (Wildman–Crippen MR) is 139 cm³/mol. The summed E-state index contributed by atoms with van der Waals surface area (Å²) in [5.74, 6) is -1.78. The number of nitrogens with one attached hydrogen (secondary N) is 1. The molecule has 1 aromatic heterocycles. The first kappa shape index (κ1) is 28.9. The van der Waals surface area contributed by atoms with Gasteiger partial charge in [-0.25, -0.2) is 12.8 Å². The normalized spacial score (nSPS) is 19.3. The fraction of sp³-hybridized carbons (Fsp3) is 0.577. The van der Waals surface area contributed by atoms with Crippen molar-refractivity contribution < 1.29 is 27.1 Å². The topological polar surface area (TPSA) is 109 Å². The molecule has 2 aromatic rings. The molecule has 1 amide bonds. The molecule has 0 saturated carbocycles. The number of rotatable bonds is 7. The molecule has 1 saturated heterocycles. The first-order valence-corrected chi connectivity index (χ1v) is 13.9. The summed E-state index contributed by atoms with van der Waals surface area (Å²) in [6.45, 7) is 9.57. The van der Waals surface area contributed by atoms with Crippen LogP contribution in [0.2, 0.25) is 0 Å². The molecule has 1 aliphatic rings. The van der Waals surface area contributed by atoms with Gasteiger partial charge in [0.1, 0.15) is 5.60 Å². The molecule has 1 N–H and O–H groups in total. The number of aromatic nitrogens is 1. The largest absolute Gasteiger partial charge is 0.460 e. The molecule has 3 rings (SSSR count). The van der Waals surface area contributed by atoms with Gasteiger partial charge in [-0.15, -0.1) is 0 Å². The van der Waals surface area contributed by atoms with Crippen molar-refractivity contribution in [3.8, 4) is 0 Å². The van der Waals surface area contributed by atoms with Crippen LogP contribution < -0.4 is 5.32 Å². The zero-order chi connectivity index (χ0) is 27.5. The lowest BCUT2D eigenvalue weighted by Gasteiger charge is -2.31. The van der Waals surface area contributed by atoms with Gasteiger partial charge in [-0.3, -0.25) is 14.6 Å². The number of sulfonamides is 1. The minimum absolute atomic E-state index is 0.00765. The molecule has 204 valence electrons. The summed E-state index contributed by atoms with van der Waals surface area (Å²) in [6.07, 6.45) is 3.10. The number of nitrogens with zero attached hydrogens (tertiary/aromatic N) is 3. The van der Waals surface area contributed by atoms with E-state index in [1.54, 1.807) is 58.7 Å². The average molecular weight is 537 g/mol. The van der Waals surface area contributed by atoms with E-state index < -0.39 is 39.4 Å². The Bertz CT molecular complexity index is 1240. The number of pyridine rings is 1. The molecule has 1 aliphatic heterocycles. The third-order valence-electron chi connectivity index (χ3n) is 6.42. The fourth-order valence-corrected chi connectivity index (χ4v) is 6.50. The lowest BCUT2D eigenvalue weighted by atomic mass is 10.00. The lowest BCUT2D eigenvalue weighted by molar-refractivity contribution is -0.159. The van der Waals surface area contributed by atoms with Crippen LogP contribution in [0.5, 0.6) is 0 Å². The quantitative estimate of drug-likeness (QED) is 0.542. The van der Waals surface area contributed by atoms with Gasteiger partial charge >= 0.3 is 5.97 Å². The monoisotopic (exact) mass is 536 g/mol. The highest BCUT2D eigenvalue weighted by Crippen LogP contribution is 2.29. The van der Waals surface area contributed by atoms with E-state index in [1.165, 1.54) is 16.6 Å². The summed E-state index contributed by atoms with van der Waals surface area (Å²) in [5, 5.41) is 3.41. The van der Waals surface area contributed by atoms with Crippen molar-refractivity contribution >= 4 is 32.7 Å². The van der Waals surface area contributed by atoms with Crippen molar-refractivity contribution in [3.05, 3.63) is 36.4 Å². The van der Waals surface area contributed by atoms with Gasteiger partial charge in [0.2, 0.25) is 15.9 Å². The smallest absolute Gasteiger partial charge is 0.309 e. The van der Waals surface area contributed by atoms with E-state index >= 15 is 0 Å². The van der Waals surface area contributed by atoms with E-state index in [4.69, 9.17) is 4.74 Å². The molecule has 0 bridgehead atoms. The molecule has 0 radical (unpaired) electrons. The predicted octanol–water partition coefficient (Wildman–Crippen LogP) is 2.94. The summed E-state index contributed by atoms with van der Waals surface area (Å²) >= 11 is 0. The number of fused-ring (bicyclic) bond motifs is 1. The van der Waals surface area contributed by atoms with Crippen LogP contribution in [0.15, 0.2) is 35.5 Å². The molecular weight excluding hydrogens is 499 g/mol. The Kier molecular flexibility index (Phi) is 8.92. The van der Waals surface area contributed by atoms with Gasteiger partial charge in [-0.1, -0.05) is 19.1 Å². The summed E-state index contributed by atoms with van der Waals surface area (Å²) < 4.78 is 48.8. The number of likely N-dealkylation sites (N-methyl/N-ethyl adjacent to an activating group) is 1. The molecular formula is C26H37FN4O5S. The third kappa shape index (κ3) is 6.63. The number of halogens is 1. The maximum absolute atomic E-state index is 14.6. The van der Waals surface area contributed by atoms with Crippen molar-refractivity contribution in [1.29, 1.82) is 0 Å². The number of esters is 1. The van der Waals surface area contributed by atoms with E-state index in [9.17, 15) is 22.4 Å². The van der Waals surface area contributed by atoms with E-state index in [-0.39, 0.29) is 41.7 Å². The Morgan fingerprint density at radius 1 is 1.24 bits per heavy atom. The summed E-state index contributed by atoms with van der Waals surface area (Å²) in [6, 6.07) is 3.41. The van der Waals surface area contributed by atoms with Gasteiger partial charge in [0.25, 0.3) is 0 Å². The van der Waals surface area contributed by atoms with E-state index in [0.717, 1.165) is 6.20 Å².